The van der Waals surface area contributed by atoms with E-state index in [-0.39, 0.29) is 17.2 Å². The number of hydrogen-bond donors (Lipinski definition) is 0. The lowest BCUT2D eigenvalue weighted by molar-refractivity contribution is -0.384. The van der Waals surface area contributed by atoms with E-state index in [4.69, 9.17) is 4.74 Å². The SMILES string of the molecule is Cc1cc(-c2cc([N+](=O)[O-])ccc2Oc2ccc(F)cc2F)cc(C)n1. The Labute approximate surface area is 148 Å². The minimum atomic E-state index is -0.864. The number of non-ortho nitro benzene ring substituents is 1. The number of nitrogens with zero attached hydrogens (tertiary/aromatic N) is 2. The zero-order chi connectivity index (χ0) is 18.8. The van der Waals surface area contributed by atoms with Gasteiger partial charge in [-0.2, -0.15) is 0 Å². The number of benzene rings is 2. The van der Waals surface area contributed by atoms with Gasteiger partial charge in [-0.1, -0.05) is 0 Å². The van der Waals surface area contributed by atoms with Gasteiger partial charge in [-0.05, 0) is 49.7 Å². The van der Waals surface area contributed by atoms with Crippen molar-refractivity contribution < 1.29 is 18.4 Å². The van der Waals surface area contributed by atoms with Crippen molar-refractivity contribution in [3.05, 3.63) is 81.7 Å². The molecule has 132 valence electrons. The highest BCUT2D eigenvalue weighted by atomic mass is 19.1. The van der Waals surface area contributed by atoms with Gasteiger partial charge in [-0.25, -0.2) is 8.78 Å². The van der Waals surface area contributed by atoms with Crippen molar-refractivity contribution in [1.82, 2.24) is 4.98 Å². The van der Waals surface area contributed by atoms with Gasteiger partial charge in [0.25, 0.3) is 5.69 Å². The Morgan fingerprint density at radius 1 is 0.962 bits per heavy atom. The predicted molar refractivity (Wildman–Crippen MR) is 92.2 cm³/mol. The molecule has 3 rings (SSSR count). The van der Waals surface area contributed by atoms with Gasteiger partial charge in [0.05, 0.1) is 4.92 Å². The fourth-order valence-corrected chi connectivity index (χ4v) is 2.61. The molecule has 0 amide bonds. The minimum Gasteiger partial charge on any atom is -0.454 e. The molecule has 7 heteroatoms. The first-order valence-corrected chi connectivity index (χ1v) is 7.70. The molecular weight excluding hydrogens is 342 g/mol. The number of hydrogen-bond acceptors (Lipinski definition) is 4. The van der Waals surface area contributed by atoms with Crippen molar-refractivity contribution in [2.75, 3.05) is 0 Å². The topological polar surface area (TPSA) is 65.3 Å². The Balaban J connectivity index is 2.13. The smallest absolute Gasteiger partial charge is 0.270 e. The van der Waals surface area contributed by atoms with Crippen LogP contribution in [0.1, 0.15) is 11.4 Å². The molecule has 1 heterocycles. The summed E-state index contributed by atoms with van der Waals surface area (Å²) in [5.74, 6) is -1.55. The van der Waals surface area contributed by atoms with Crippen LogP contribution in [-0.2, 0) is 0 Å². The lowest BCUT2D eigenvalue weighted by Crippen LogP contribution is -1.96. The molecule has 26 heavy (non-hydrogen) atoms. The van der Waals surface area contributed by atoms with E-state index in [9.17, 15) is 18.9 Å². The number of nitro groups is 1. The molecular formula is C19H14F2N2O3. The number of aryl methyl sites for hydroxylation is 2. The van der Waals surface area contributed by atoms with Crippen molar-refractivity contribution in [2.24, 2.45) is 0 Å². The minimum absolute atomic E-state index is 0.126. The Kier molecular flexibility index (Phi) is 4.62. The first-order valence-electron chi connectivity index (χ1n) is 7.70. The van der Waals surface area contributed by atoms with Crippen LogP contribution in [0.25, 0.3) is 11.1 Å². The molecule has 0 aliphatic heterocycles. The highest BCUT2D eigenvalue weighted by Crippen LogP contribution is 2.37. The molecule has 5 nitrogen and oxygen atoms in total. The molecule has 0 saturated heterocycles. The van der Waals surface area contributed by atoms with Gasteiger partial charge in [0.2, 0.25) is 0 Å². The maximum absolute atomic E-state index is 13.9. The van der Waals surface area contributed by atoms with Crippen LogP contribution < -0.4 is 4.74 Å². The summed E-state index contributed by atoms with van der Waals surface area (Å²) in [6, 6.07) is 10.5. The molecule has 1 aromatic heterocycles. The van der Waals surface area contributed by atoms with Crippen molar-refractivity contribution in [2.45, 2.75) is 13.8 Å². The van der Waals surface area contributed by atoms with Gasteiger partial charge in [0.15, 0.2) is 11.6 Å². The quantitative estimate of drug-likeness (QED) is 0.467. The van der Waals surface area contributed by atoms with Gasteiger partial charge in [0.1, 0.15) is 11.6 Å². The first kappa shape index (κ1) is 17.5. The average molecular weight is 356 g/mol. The fourth-order valence-electron chi connectivity index (χ4n) is 2.61. The summed E-state index contributed by atoms with van der Waals surface area (Å²) in [7, 11) is 0. The molecule has 0 fully saturated rings. The third-order valence-electron chi connectivity index (χ3n) is 3.68. The highest BCUT2D eigenvalue weighted by molar-refractivity contribution is 5.74. The van der Waals surface area contributed by atoms with E-state index in [0.29, 0.717) is 17.2 Å². The van der Waals surface area contributed by atoms with Gasteiger partial charge >= 0.3 is 0 Å². The molecule has 0 saturated carbocycles. The molecule has 0 spiro atoms. The van der Waals surface area contributed by atoms with Gasteiger partial charge in [-0.15, -0.1) is 0 Å². The lowest BCUT2D eigenvalue weighted by atomic mass is 10.0. The van der Waals surface area contributed by atoms with Crippen molar-refractivity contribution in [1.29, 1.82) is 0 Å². The highest BCUT2D eigenvalue weighted by Gasteiger charge is 2.16. The maximum Gasteiger partial charge on any atom is 0.270 e. The summed E-state index contributed by atoms with van der Waals surface area (Å²) in [6.45, 7) is 3.60. The second-order valence-corrected chi connectivity index (χ2v) is 5.75. The van der Waals surface area contributed by atoms with Gasteiger partial charge in [0, 0.05) is 35.2 Å². The lowest BCUT2D eigenvalue weighted by Gasteiger charge is -2.13. The first-order chi connectivity index (χ1) is 12.3. The number of nitro benzene ring substituents is 1. The molecule has 0 radical (unpaired) electrons. The Morgan fingerprint density at radius 2 is 1.62 bits per heavy atom. The summed E-state index contributed by atoms with van der Waals surface area (Å²) in [5.41, 5.74) is 2.39. The fraction of sp³-hybridized carbons (Fsp3) is 0.105. The number of aromatic nitrogens is 1. The van der Waals surface area contributed by atoms with Crippen LogP contribution in [0, 0.1) is 35.6 Å². The van der Waals surface area contributed by atoms with Crippen LogP contribution in [0.5, 0.6) is 11.5 Å². The summed E-state index contributed by atoms with van der Waals surface area (Å²) in [6.07, 6.45) is 0. The summed E-state index contributed by atoms with van der Waals surface area (Å²) in [5, 5.41) is 11.1. The van der Waals surface area contributed by atoms with E-state index < -0.39 is 16.6 Å². The van der Waals surface area contributed by atoms with Crippen LogP contribution in [-0.4, -0.2) is 9.91 Å². The molecule has 3 aromatic rings. The van der Waals surface area contributed by atoms with E-state index in [2.05, 4.69) is 4.98 Å². The third kappa shape index (κ3) is 3.66. The van der Waals surface area contributed by atoms with Crippen LogP contribution in [0.2, 0.25) is 0 Å². The monoisotopic (exact) mass is 356 g/mol. The molecule has 0 atom stereocenters. The number of halogens is 2. The third-order valence-corrected chi connectivity index (χ3v) is 3.68. The molecule has 2 aromatic carbocycles. The molecule has 0 N–H and O–H groups in total. The second kappa shape index (κ2) is 6.87. The average Bonchev–Trinajstić information content (AvgIpc) is 2.56. The standard InChI is InChI=1S/C19H14F2N2O3/c1-11-7-13(8-12(2)22-11)16-10-15(23(24)25)4-6-18(16)26-19-5-3-14(20)9-17(19)21/h3-10H,1-2H3. The van der Waals surface area contributed by atoms with E-state index in [0.717, 1.165) is 17.5 Å². The van der Waals surface area contributed by atoms with E-state index >= 15 is 0 Å². The number of pyridine rings is 1. The Morgan fingerprint density at radius 3 is 2.23 bits per heavy atom. The maximum atomic E-state index is 13.9. The Hall–Kier alpha value is -3.35. The Bertz CT molecular complexity index is 986. The second-order valence-electron chi connectivity index (χ2n) is 5.75. The van der Waals surface area contributed by atoms with Crippen LogP contribution in [0.3, 0.4) is 0 Å². The number of ether oxygens (including phenoxy) is 1. The molecule has 0 aliphatic carbocycles. The van der Waals surface area contributed by atoms with Crippen LogP contribution in [0.15, 0.2) is 48.5 Å². The zero-order valence-corrected chi connectivity index (χ0v) is 14.0. The largest absolute Gasteiger partial charge is 0.454 e. The van der Waals surface area contributed by atoms with Crippen LogP contribution in [0.4, 0.5) is 14.5 Å². The zero-order valence-electron chi connectivity index (χ0n) is 14.0. The number of rotatable bonds is 4. The summed E-state index contributed by atoms with van der Waals surface area (Å²) >= 11 is 0. The van der Waals surface area contributed by atoms with Crippen molar-refractivity contribution in [3.63, 3.8) is 0 Å². The summed E-state index contributed by atoms with van der Waals surface area (Å²) < 4.78 is 32.6. The van der Waals surface area contributed by atoms with E-state index in [1.165, 1.54) is 24.3 Å². The normalized spacial score (nSPS) is 10.6. The van der Waals surface area contributed by atoms with E-state index in [1.54, 1.807) is 26.0 Å². The van der Waals surface area contributed by atoms with Crippen molar-refractivity contribution >= 4 is 5.69 Å². The van der Waals surface area contributed by atoms with E-state index in [1.807, 2.05) is 0 Å². The van der Waals surface area contributed by atoms with Crippen molar-refractivity contribution in [3.8, 4) is 22.6 Å². The molecule has 0 aliphatic rings. The van der Waals surface area contributed by atoms with Crippen LogP contribution >= 0.6 is 0 Å². The summed E-state index contributed by atoms with van der Waals surface area (Å²) in [4.78, 5) is 14.9. The van der Waals surface area contributed by atoms with Gasteiger partial charge in [-0.3, -0.25) is 15.1 Å². The van der Waals surface area contributed by atoms with Gasteiger partial charge < -0.3 is 4.74 Å². The predicted octanol–water partition coefficient (Wildman–Crippen LogP) is 5.34. The molecule has 0 bridgehead atoms. The molecule has 0 unspecified atom stereocenters.